The molecule has 1 atom stereocenters. The summed E-state index contributed by atoms with van der Waals surface area (Å²) in [5, 5.41) is 3.39. The minimum absolute atomic E-state index is 0.0307. The Kier molecular flexibility index (Phi) is 4.88. The highest BCUT2D eigenvalue weighted by molar-refractivity contribution is 5.76. The second-order valence-corrected chi connectivity index (χ2v) is 5.97. The summed E-state index contributed by atoms with van der Waals surface area (Å²) >= 11 is 0. The lowest BCUT2D eigenvalue weighted by atomic mass is 10.0. The van der Waals surface area contributed by atoms with E-state index >= 15 is 0 Å². The smallest absolute Gasteiger partial charge is 0.323 e. The van der Waals surface area contributed by atoms with Gasteiger partial charge in [-0.25, -0.2) is 0 Å². The molecule has 0 aromatic heterocycles. The molecule has 1 unspecified atom stereocenters. The Hall–Kier alpha value is -1.39. The molecular weight excluding hydrogens is 264 g/mol. The molecule has 4 nitrogen and oxygen atoms in total. The topological polar surface area (TPSA) is 41.6 Å². The predicted octanol–water partition coefficient (Wildman–Crippen LogP) is 1.95. The van der Waals surface area contributed by atoms with Crippen molar-refractivity contribution in [2.75, 3.05) is 19.6 Å². The molecule has 2 saturated heterocycles. The molecule has 0 radical (unpaired) electrons. The van der Waals surface area contributed by atoms with E-state index < -0.39 is 0 Å². The number of hydrogen-bond acceptors (Lipinski definition) is 4. The Morgan fingerprint density at radius 2 is 1.95 bits per heavy atom. The first-order valence-corrected chi connectivity index (χ1v) is 8.01. The quantitative estimate of drug-likeness (QED) is 0.860. The second kappa shape index (κ2) is 7.05. The molecule has 4 heteroatoms. The summed E-state index contributed by atoms with van der Waals surface area (Å²) < 4.78 is 5.54. The van der Waals surface area contributed by atoms with Crippen molar-refractivity contribution in [1.82, 2.24) is 10.2 Å². The Balaban J connectivity index is 1.55. The average Bonchev–Trinajstić information content (AvgIpc) is 3.04. The minimum atomic E-state index is -0.0464. The lowest BCUT2D eigenvalue weighted by molar-refractivity contribution is -0.151. The van der Waals surface area contributed by atoms with Gasteiger partial charge in [0.25, 0.3) is 0 Å². The summed E-state index contributed by atoms with van der Waals surface area (Å²) in [6, 6.07) is 10.4. The zero-order valence-electron chi connectivity index (χ0n) is 12.5. The fraction of sp³-hybridized carbons (Fsp3) is 0.588. The molecule has 1 aromatic carbocycles. The zero-order chi connectivity index (χ0) is 14.5. The Labute approximate surface area is 126 Å². The van der Waals surface area contributed by atoms with E-state index in [1.54, 1.807) is 0 Å². The van der Waals surface area contributed by atoms with E-state index in [0.717, 1.165) is 50.9 Å². The average molecular weight is 288 g/mol. The first-order chi connectivity index (χ1) is 10.3. The van der Waals surface area contributed by atoms with Crippen molar-refractivity contribution in [3.63, 3.8) is 0 Å². The lowest BCUT2D eigenvalue weighted by Gasteiger charge is -2.34. The van der Waals surface area contributed by atoms with E-state index in [2.05, 4.69) is 10.2 Å². The van der Waals surface area contributed by atoms with Crippen LogP contribution in [0, 0.1) is 0 Å². The molecule has 2 heterocycles. The molecule has 1 N–H and O–H groups in total. The molecule has 0 saturated carbocycles. The molecule has 3 rings (SSSR count). The number of nitrogens with zero attached hydrogens (tertiary/aromatic N) is 1. The minimum Gasteiger partial charge on any atom is -0.460 e. The van der Waals surface area contributed by atoms with E-state index in [1.165, 1.54) is 0 Å². The molecule has 1 aromatic rings. The Bertz CT molecular complexity index is 457. The third-order valence-corrected chi connectivity index (χ3v) is 4.57. The number of likely N-dealkylation sites (tertiary alicyclic amines) is 1. The van der Waals surface area contributed by atoms with Gasteiger partial charge in [-0.2, -0.15) is 0 Å². The molecule has 21 heavy (non-hydrogen) atoms. The van der Waals surface area contributed by atoms with Crippen LogP contribution in [0.15, 0.2) is 30.3 Å². The Morgan fingerprint density at radius 3 is 2.71 bits per heavy atom. The van der Waals surface area contributed by atoms with Crippen LogP contribution in [-0.2, 0) is 16.1 Å². The van der Waals surface area contributed by atoms with E-state index in [4.69, 9.17) is 4.74 Å². The molecule has 0 amide bonds. The predicted molar refractivity (Wildman–Crippen MR) is 81.9 cm³/mol. The van der Waals surface area contributed by atoms with Gasteiger partial charge in [0, 0.05) is 6.04 Å². The van der Waals surface area contributed by atoms with Gasteiger partial charge in [0.1, 0.15) is 12.6 Å². The summed E-state index contributed by atoms with van der Waals surface area (Å²) in [6.07, 6.45) is 4.33. The number of rotatable bonds is 4. The van der Waals surface area contributed by atoms with Gasteiger partial charge in [-0.05, 0) is 50.9 Å². The van der Waals surface area contributed by atoms with E-state index in [1.807, 2.05) is 30.3 Å². The first kappa shape index (κ1) is 14.5. The van der Waals surface area contributed by atoms with Crippen molar-refractivity contribution in [3.8, 4) is 0 Å². The fourth-order valence-electron chi connectivity index (χ4n) is 3.44. The molecule has 2 aliphatic rings. The number of piperidine rings is 1. The van der Waals surface area contributed by atoms with Gasteiger partial charge in [-0.15, -0.1) is 0 Å². The lowest BCUT2D eigenvalue weighted by Crippen LogP contribution is -2.48. The summed E-state index contributed by atoms with van der Waals surface area (Å²) in [5.74, 6) is -0.0464. The van der Waals surface area contributed by atoms with Crippen molar-refractivity contribution in [2.24, 2.45) is 0 Å². The molecule has 0 spiro atoms. The first-order valence-electron chi connectivity index (χ1n) is 8.01. The SMILES string of the molecule is O=C(OCc1ccccc1)C1CCCN1C1CCNCC1. The molecule has 0 aliphatic carbocycles. The van der Waals surface area contributed by atoms with Crippen LogP contribution in [0.25, 0.3) is 0 Å². The van der Waals surface area contributed by atoms with E-state index in [9.17, 15) is 4.79 Å². The highest BCUT2D eigenvalue weighted by Gasteiger charge is 2.36. The van der Waals surface area contributed by atoms with Crippen LogP contribution in [0.3, 0.4) is 0 Å². The standard InChI is InChI=1S/C17H24N2O2/c20-17(21-13-14-5-2-1-3-6-14)16-7-4-12-19(16)15-8-10-18-11-9-15/h1-3,5-6,15-16,18H,4,7-13H2. The van der Waals surface area contributed by atoms with Crippen molar-refractivity contribution in [1.29, 1.82) is 0 Å². The fourth-order valence-corrected chi connectivity index (χ4v) is 3.44. The highest BCUT2D eigenvalue weighted by atomic mass is 16.5. The molecule has 2 fully saturated rings. The Morgan fingerprint density at radius 1 is 1.19 bits per heavy atom. The van der Waals surface area contributed by atoms with Crippen LogP contribution >= 0.6 is 0 Å². The van der Waals surface area contributed by atoms with Crippen molar-refractivity contribution < 1.29 is 9.53 Å². The van der Waals surface area contributed by atoms with Gasteiger partial charge in [0.05, 0.1) is 0 Å². The normalized spacial score (nSPS) is 24.1. The molecule has 0 bridgehead atoms. The number of carbonyl (C=O) groups is 1. The monoisotopic (exact) mass is 288 g/mol. The summed E-state index contributed by atoms with van der Waals surface area (Å²) in [4.78, 5) is 14.8. The van der Waals surface area contributed by atoms with Gasteiger partial charge in [-0.3, -0.25) is 9.69 Å². The number of esters is 1. The summed E-state index contributed by atoms with van der Waals surface area (Å²) in [6.45, 7) is 3.55. The maximum atomic E-state index is 12.4. The third kappa shape index (κ3) is 3.63. The van der Waals surface area contributed by atoms with Gasteiger partial charge in [0.2, 0.25) is 0 Å². The third-order valence-electron chi connectivity index (χ3n) is 4.57. The number of nitrogens with one attached hydrogen (secondary N) is 1. The number of ether oxygens (including phenoxy) is 1. The largest absolute Gasteiger partial charge is 0.460 e. The van der Waals surface area contributed by atoms with Crippen LogP contribution < -0.4 is 5.32 Å². The van der Waals surface area contributed by atoms with Crippen LogP contribution in [-0.4, -0.2) is 42.6 Å². The maximum absolute atomic E-state index is 12.4. The highest BCUT2D eigenvalue weighted by Crippen LogP contribution is 2.25. The van der Waals surface area contributed by atoms with Gasteiger partial charge < -0.3 is 10.1 Å². The van der Waals surface area contributed by atoms with Crippen LogP contribution in [0.4, 0.5) is 0 Å². The van der Waals surface area contributed by atoms with Gasteiger partial charge in [0.15, 0.2) is 0 Å². The number of benzene rings is 1. The second-order valence-electron chi connectivity index (χ2n) is 5.97. The van der Waals surface area contributed by atoms with E-state index in [-0.39, 0.29) is 12.0 Å². The summed E-state index contributed by atoms with van der Waals surface area (Å²) in [5.41, 5.74) is 1.05. The maximum Gasteiger partial charge on any atom is 0.323 e. The van der Waals surface area contributed by atoms with Crippen LogP contribution in [0.5, 0.6) is 0 Å². The van der Waals surface area contributed by atoms with Crippen molar-refractivity contribution in [3.05, 3.63) is 35.9 Å². The zero-order valence-corrected chi connectivity index (χ0v) is 12.5. The van der Waals surface area contributed by atoms with Crippen LogP contribution in [0.1, 0.15) is 31.2 Å². The van der Waals surface area contributed by atoms with Crippen LogP contribution in [0.2, 0.25) is 0 Å². The number of carbonyl (C=O) groups excluding carboxylic acids is 1. The molecular formula is C17H24N2O2. The summed E-state index contributed by atoms with van der Waals surface area (Å²) in [7, 11) is 0. The van der Waals surface area contributed by atoms with Gasteiger partial charge in [-0.1, -0.05) is 30.3 Å². The molecule has 114 valence electrons. The van der Waals surface area contributed by atoms with E-state index in [0.29, 0.717) is 12.6 Å². The van der Waals surface area contributed by atoms with Crippen molar-refractivity contribution in [2.45, 2.75) is 44.4 Å². The molecule has 2 aliphatic heterocycles. The number of hydrogen-bond donors (Lipinski definition) is 1. The van der Waals surface area contributed by atoms with Gasteiger partial charge >= 0.3 is 5.97 Å². The van der Waals surface area contributed by atoms with Crippen molar-refractivity contribution >= 4 is 5.97 Å².